The average molecular weight is 452 g/mol. The highest BCUT2D eigenvalue weighted by Crippen LogP contribution is 2.53. The van der Waals surface area contributed by atoms with E-state index in [-0.39, 0.29) is 29.1 Å². The zero-order chi connectivity index (χ0) is 23.5. The van der Waals surface area contributed by atoms with Crippen LogP contribution in [-0.4, -0.2) is 15.6 Å². The minimum Gasteiger partial charge on any atom is -0.442 e. The van der Waals surface area contributed by atoms with E-state index in [1.165, 1.54) is 4.68 Å². The van der Waals surface area contributed by atoms with Crippen LogP contribution in [0.5, 0.6) is 5.88 Å². The summed E-state index contributed by atoms with van der Waals surface area (Å²) < 4.78 is 50.2. The van der Waals surface area contributed by atoms with Gasteiger partial charge < -0.3 is 4.74 Å². The average Bonchev–Trinajstić information content (AvgIpc) is 3.12. The first-order valence-corrected chi connectivity index (χ1v) is 10.8. The van der Waals surface area contributed by atoms with Crippen molar-refractivity contribution in [3.8, 4) is 11.6 Å². The maximum Gasteiger partial charge on any atom is 0.435 e. The number of aromatic nitrogens is 2. The molecule has 1 aliphatic heterocycles. The van der Waals surface area contributed by atoms with Crippen molar-refractivity contribution in [3.05, 3.63) is 88.3 Å². The fourth-order valence-electron chi connectivity index (χ4n) is 4.77. The molecule has 0 N–H and O–H groups in total. The van der Waals surface area contributed by atoms with Crippen molar-refractivity contribution in [2.45, 2.75) is 45.7 Å². The van der Waals surface area contributed by atoms with Gasteiger partial charge in [-0.15, -0.1) is 0 Å². The van der Waals surface area contributed by atoms with E-state index >= 15 is 0 Å². The largest absolute Gasteiger partial charge is 0.442 e. The van der Waals surface area contributed by atoms with Gasteiger partial charge in [0.2, 0.25) is 5.88 Å². The van der Waals surface area contributed by atoms with E-state index < -0.39 is 17.8 Å². The Hall–Kier alpha value is -3.35. The maximum atomic E-state index is 14.3. The monoisotopic (exact) mass is 452 g/mol. The maximum absolute atomic E-state index is 14.3. The smallest absolute Gasteiger partial charge is 0.435 e. The molecule has 4 nitrogen and oxygen atoms in total. The molecule has 0 fully saturated rings. The number of rotatable bonds is 2. The van der Waals surface area contributed by atoms with Gasteiger partial charge in [-0.25, -0.2) is 0 Å². The third-order valence-corrected chi connectivity index (χ3v) is 6.23. The van der Waals surface area contributed by atoms with E-state index in [2.05, 4.69) is 5.10 Å². The summed E-state index contributed by atoms with van der Waals surface area (Å²) in [5, 5.41) is 3.97. The minimum absolute atomic E-state index is 0.0170. The molecular weight excluding hydrogens is 429 g/mol. The molecule has 170 valence electrons. The predicted octanol–water partition coefficient (Wildman–Crippen LogP) is 6.37. The molecule has 7 heteroatoms. The number of fused-ring (bicyclic) bond motifs is 1. The molecule has 2 heterocycles. The molecule has 0 spiro atoms. The number of ether oxygens (including phenoxy) is 1. The van der Waals surface area contributed by atoms with Gasteiger partial charge in [-0.2, -0.15) is 23.0 Å². The molecule has 1 aromatic heterocycles. The van der Waals surface area contributed by atoms with Crippen LogP contribution >= 0.6 is 0 Å². The normalized spacial score (nSPS) is 19.7. The Labute approximate surface area is 189 Å². The number of hydrogen-bond acceptors (Lipinski definition) is 3. The topological polar surface area (TPSA) is 44.1 Å². The predicted molar refractivity (Wildman–Crippen MR) is 117 cm³/mol. The van der Waals surface area contributed by atoms with E-state index in [1.54, 1.807) is 42.5 Å². The number of carbonyl (C=O) groups excluding carboxylic acids is 1. The van der Waals surface area contributed by atoms with Gasteiger partial charge in [0.25, 0.3) is 0 Å². The molecule has 0 amide bonds. The Bertz CT molecular complexity index is 1270. The number of alkyl halides is 3. The number of nitrogens with zero attached hydrogens (tertiary/aromatic N) is 2. The molecule has 0 bridgehead atoms. The Balaban J connectivity index is 1.82. The van der Waals surface area contributed by atoms with Crippen molar-refractivity contribution in [2.24, 2.45) is 5.41 Å². The summed E-state index contributed by atoms with van der Waals surface area (Å²) in [5.41, 5.74) is 0.867. The Morgan fingerprint density at radius 2 is 1.70 bits per heavy atom. The summed E-state index contributed by atoms with van der Waals surface area (Å²) in [5.74, 6) is -0.636. The fourth-order valence-corrected chi connectivity index (χ4v) is 4.77. The Morgan fingerprint density at radius 3 is 2.33 bits per heavy atom. The van der Waals surface area contributed by atoms with Crippen molar-refractivity contribution in [1.29, 1.82) is 0 Å². The molecule has 2 aromatic carbocycles. The molecule has 33 heavy (non-hydrogen) atoms. The molecule has 1 atom stereocenters. The van der Waals surface area contributed by atoms with Crippen LogP contribution in [0.25, 0.3) is 5.69 Å². The zero-order valence-electron chi connectivity index (χ0n) is 18.5. The summed E-state index contributed by atoms with van der Waals surface area (Å²) in [6.45, 7) is 5.83. The third-order valence-electron chi connectivity index (χ3n) is 6.23. The number of benzene rings is 2. The van der Waals surface area contributed by atoms with Crippen LogP contribution in [0.1, 0.15) is 55.0 Å². The van der Waals surface area contributed by atoms with E-state index in [0.29, 0.717) is 29.0 Å². The Morgan fingerprint density at radius 1 is 1.03 bits per heavy atom. The third kappa shape index (κ3) is 3.65. The lowest BCUT2D eigenvalue weighted by Crippen LogP contribution is -2.33. The van der Waals surface area contributed by atoms with Crippen LogP contribution in [0.15, 0.2) is 65.9 Å². The van der Waals surface area contributed by atoms with Gasteiger partial charge in [0.15, 0.2) is 11.5 Å². The quantitative estimate of drug-likeness (QED) is 0.454. The molecule has 0 radical (unpaired) electrons. The molecule has 0 saturated heterocycles. The lowest BCUT2D eigenvalue weighted by Gasteiger charge is -2.37. The van der Waals surface area contributed by atoms with Gasteiger partial charge in [-0.1, -0.05) is 61.9 Å². The lowest BCUT2D eigenvalue weighted by atomic mass is 9.70. The van der Waals surface area contributed by atoms with Gasteiger partial charge >= 0.3 is 6.18 Å². The number of carbonyl (C=O) groups is 1. The van der Waals surface area contributed by atoms with Gasteiger partial charge in [0.1, 0.15) is 5.76 Å². The van der Waals surface area contributed by atoms with Crippen molar-refractivity contribution in [1.82, 2.24) is 9.78 Å². The van der Waals surface area contributed by atoms with Crippen molar-refractivity contribution >= 4 is 5.78 Å². The fraction of sp³-hybridized carbons (Fsp3) is 0.308. The first-order valence-electron chi connectivity index (χ1n) is 10.8. The molecule has 0 saturated carbocycles. The summed E-state index contributed by atoms with van der Waals surface area (Å²) >= 11 is 0. The van der Waals surface area contributed by atoms with E-state index in [1.807, 2.05) is 32.9 Å². The van der Waals surface area contributed by atoms with Crippen LogP contribution in [-0.2, 0) is 11.0 Å². The second-order valence-electron chi connectivity index (χ2n) is 9.54. The number of halogens is 3. The number of Topliss-reactive ketones (excluding diaryl/α,β-unsaturated/α-hetero) is 1. The lowest BCUT2D eigenvalue weighted by molar-refractivity contribution is -0.142. The molecule has 2 aliphatic rings. The van der Waals surface area contributed by atoms with Crippen LogP contribution in [0, 0.1) is 12.3 Å². The minimum atomic E-state index is -4.72. The number of aryl methyl sites for hydroxylation is 1. The molecule has 1 aliphatic carbocycles. The second-order valence-corrected chi connectivity index (χ2v) is 9.54. The van der Waals surface area contributed by atoms with Crippen LogP contribution in [0.2, 0.25) is 0 Å². The number of hydrogen-bond donors (Lipinski definition) is 0. The van der Waals surface area contributed by atoms with E-state index in [9.17, 15) is 18.0 Å². The van der Waals surface area contributed by atoms with Crippen LogP contribution < -0.4 is 4.74 Å². The van der Waals surface area contributed by atoms with Crippen LogP contribution in [0.4, 0.5) is 13.2 Å². The summed E-state index contributed by atoms with van der Waals surface area (Å²) in [7, 11) is 0. The molecule has 1 unspecified atom stereocenters. The number of para-hydroxylation sites is 1. The highest BCUT2D eigenvalue weighted by atomic mass is 19.4. The van der Waals surface area contributed by atoms with E-state index in [0.717, 1.165) is 5.56 Å². The van der Waals surface area contributed by atoms with Crippen LogP contribution in [0.3, 0.4) is 0 Å². The first kappa shape index (κ1) is 21.5. The standard InChI is InChI=1S/C26H23F3N2O2/c1-15-9-11-16(12-10-15)20-21-18(32)13-25(2,3)14-19(21)33-24-22(20)23(26(27,28)29)30-31(24)17-7-5-4-6-8-17/h4-12,20H,13-14H2,1-3H3. The van der Waals surface area contributed by atoms with Gasteiger partial charge in [0.05, 0.1) is 11.3 Å². The number of ketones is 1. The SMILES string of the molecule is Cc1ccc(C2C3=C(CC(C)(C)CC3=O)Oc3c2c(C(F)(F)F)nn3-c2ccccc2)cc1. The number of allylic oxidation sites excluding steroid dienone is 2. The van der Waals surface area contributed by atoms with Gasteiger partial charge in [-0.05, 0) is 30.0 Å². The highest BCUT2D eigenvalue weighted by molar-refractivity contribution is 6.00. The summed E-state index contributed by atoms with van der Waals surface area (Å²) in [4.78, 5) is 13.3. The van der Waals surface area contributed by atoms with Gasteiger partial charge in [-0.3, -0.25) is 4.79 Å². The molecule has 3 aromatic rings. The summed E-state index contributed by atoms with van der Waals surface area (Å²) in [6, 6.07) is 15.9. The molecule has 5 rings (SSSR count). The molecular formula is C26H23F3N2O2. The van der Waals surface area contributed by atoms with E-state index in [4.69, 9.17) is 4.74 Å². The first-order chi connectivity index (χ1) is 15.5. The van der Waals surface area contributed by atoms with Crippen molar-refractivity contribution < 1.29 is 22.7 Å². The highest BCUT2D eigenvalue weighted by Gasteiger charge is 2.49. The zero-order valence-corrected chi connectivity index (χ0v) is 18.5. The second kappa shape index (κ2) is 7.33. The Kier molecular flexibility index (Phi) is 4.78. The van der Waals surface area contributed by atoms with Crippen molar-refractivity contribution in [2.75, 3.05) is 0 Å². The summed E-state index contributed by atoms with van der Waals surface area (Å²) in [6.07, 6.45) is -4.01. The van der Waals surface area contributed by atoms with Gasteiger partial charge in [0, 0.05) is 24.3 Å². The van der Waals surface area contributed by atoms with Crippen molar-refractivity contribution in [3.63, 3.8) is 0 Å².